The van der Waals surface area contributed by atoms with E-state index >= 15 is 0 Å². The average molecular weight is 2230 g/mol. The van der Waals surface area contributed by atoms with Gasteiger partial charge in [-0.25, -0.2) is 19.2 Å². The lowest BCUT2D eigenvalue weighted by Gasteiger charge is -2.40. The smallest absolute Gasteiger partial charge is 0.481 e. The molecule has 0 bridgehead atoms. The summed E-state index contributed by atoms with van der Waals surface area (Å²) in [6, 6.07) is 30.5. The first-order chi connectivity index (χ1) is 66.9. The molecule has 0 spiro atoms. The van der Waals surface area contributed by atoms with Crippen LogP contribution in [0.5, 0.6) is 0 Å². The Hall–Kier alpha value is -9.46. The van der Waals surface area contributed by atoms with Crippen molar-refractivity contribution in [2.75, 3.05) is 103 Å². The molecule has 0 saturated carbocycles. The van der Waals surface area contributed by atoms with Crippen LogP contribution < -0.4 is 10.2 Å². The average Bonchev–Trinajstić information content (AvgIpc) is 1.63. The zero-order valence-corrected chi connectivity index (χ0v) is 96.7. The zero-order chi connectivity index (χ0) is 108. The van der Waals surface area contributed by atoms with Crippen LogP contribution in [0.15, 0.2) is 111 Å². The van der Waals surface area contributed by atoms with Gasteiger partial charge in [0.15, 0.2) is 22.4 Å². The lowest BCUT2D eigenvalue weighted by Crippen LogP contribution is -2.56. The fraction of sp³-hybridized carbons (Fsp3) is 0.583. The van der Waals surface area contributed by atoms with Crippen LogP contribution >= 0.6 is 100 Å². The number of nitrogens with zero attached hydrogens (tertiary/aromatic N) is 15. The second kappa shape index (κ2) is 56.1. The first kappa shape index (κ1) is 123. The van der Waals surface area contributed by atoms with Crippen LogP contribution in [-0.2, 0) is 84.3 Å². The summed E-state index contributed by atoms with van der Waals surface area (Å²) >= 11 is 20.1. The highest BCUT2D eigenvalue weighted by molar-refractivity contribution is 9.11. The van der Waals surface area contributed by atoms with Gasteiger partial charge in [-0.15, -0.1) is 83.7 Å². The minimum Gasteiger partial charge on any atom is -0.481 e. The van der Waals surface area contributed by atoms with Crippen LogP contribution in [0, 0.1) is 22.7 Å². The molecule has 6 fully saturated rings. The summed E-state index contributed by atoms with van der Waals surface area (Å²) in [5.74, 6) is 1.48. The number of anilines is 1. The molecule has 5 atom stereocenters. The molecule has 0 aromatic carbocycles. The zero-order valence-electron chi connectivity index (χ0n) is 88.7. The molecule has 6 aliphatic rings. The quantitative estimate of drug-likeness (QED) is 0.0711. The van der Waals surface area contributed by atoms with E-state index in [1.165, 1.54) is 33.2 Å². The van der Waals surface area contributed by atoms with Gasteiger partial charge in [-0.2, -0.15) is 10.5 Å². The molecule has 0 radical (unpaired) electrons. The summed E-state index contributed by atoms with van der Waals surface area (Å²) in [6.07, 6.45) is 0.731. The molecule has 6 aliphatic heterocycles. The first-order valence-electron chi connectivity index (χ1n) is 48.3. The number of carboxylic acid groups (broad SMARTS) is 1. The molecular weight excluding hydrogens is 2080 g/mol. The van der Waals surface area contributed by atoms with E-state index in [0.717, 1.165) is 79.9 Å². The van der Waals surface area contributed by atoms with Crippen LogP contribution in [0.2, 0.25) is 5.15 Å². The normalized spacial score (nSPS) is 18.2. The molecule has 2 N–H and O–H groups in total. The molecule has 0 aliphatic carbocycles. The van der Waals surface area contributed by atoms with E-state index in [1.54, 1.807) is 71.0 Å². The number of aromatic nitrogens is 4. The molecule has 41 heteroatoms. The van der Waals surface area contributed by atoms with E-state index in [-0.39, 0.29) is 109 Å². The number of hydrogen-bond donors (Lipinski definition) is 2. The van der Waals surface area contributed by atoms with Crippen molar-refractivity contribution < 1.29 is 76.5 Å². The third-order valence-electron chi connectivity index (χ3n) is 22.9. The predicted molar refractivity (Wildman–Crippen MR) is 581 cm³/mol. The van der Waals surface area contributed by atoms with Gasteiger partial charge in [0.2, 0.25) is 23.6 Å². The Balaban J connectivity index is 0.000000258. The van der Waals surface area contributed by atoms with Crippen LogP contribution in [-0.4, -0.2) is 288 Å². The lowest BCUT2D eigenvalue weighted by molar-refractivity contribution is -0.136. The summed E-state index contributed by atoms with van der Waals surface area (Å²) in [6.45, 7) is 70.1. The van der Waals surface area contributed by atoms with E-state index in [4.69, 9.17) is 55.5 Å². The highest BCUT2D eigenvalue weighted by Gasteiger charge is 2.51. The molecule has 790 valence electrons. The van der Waals surface area contributed by atoms with E-state index in [9.17, 15) is 43.2 Å². The number of carbonyl (C=O) groups is 9. The van der Waals surface area contributed by atoms with Gasteiger partial charge < -0.3 is 82.8 Å². The molecule has 7 aromatic heterocycles. The molecule has 13 heterocycles. The summed E-state index contributed by atoms with van der Waals surface area (Å²) in [7, 11) is -0.241. The maximum absolute atomic E-state index is 12.7. The van der Waals surface area contributed by atoms with Crippen molar-refractivity contribution in [1.82, 2.24) is 64.9 Å². The monoisotopic (exact) mass is 2230 g/mol. The van der Waals surface area contributed by atoms with E-state index in [0.29, 0.717) is 120 Å². The van der Waals surface area contributed by atoms with Crippen LogP contribution in [0.3, 0.4) is 0 Å². The van der Waals surface area contributed by atoms with E-state index in [1.807, 2.05) is 227 Å². The van der Waals surface area contributed by atoms with Gasteiger partial charge in [-0.1, -0.05) is 51.3 Å². The Bertz CT molecular complexity index is 5480. The minimum atomic E-state index is -0.783. The number of amides is 8. The van der Waals surface area contributed by atoms with Crippen LogP contribution in [0.4, 0.5) is 25.0 Å². The second-order valence-electron chi connectivity index (χ2n) is 41.5. The number of nitriles is 2. The van der Waals surface area contributed by atoms with Crippen LogP contribution in [0.25, 0.3) is 5.57 Å². The Morgan fingerprint density at radius 2 is 0.799 bits per heavy atom. The van der Waals surface area contributed by atoms with E-state index < -0.39 is 28.4 Å². The minimum absolute atomic E-state index is 0.0397. The molecule has 144 heavy (non-hydrogen) atoms. The highest BCUT2D eigenvalue weighted by Crippen LogP contribution is 2.39. The van der Waals surface area contributed by atoms with Gasteiger partial charge >= 0.3 is 37.5 Å². The maximum Gasteiger partial charge on any atom is 0.489 e. The van der Waals surface area contributed by atoms with Crippen LogP contribution in [0.1, 0.15) is 249 Å². The van der Waals surface area contributed by atoms with Crippen molar-refractivity contribution in [2.45, 2.75) is 295 Å². The number of halogens is 3. The summed E-state index contributed by atoms with van der Waals surface area (Å²) < 4.78 is 35.0. The van der Waals surface area contributed by atoms with Crippen molar-refractivity contribution in [3.63, 3.8) is 0 Å². The summed E-state index contributed by atoms with van der Waals surface area (Å²) in [5.41, 5.74) is 0.134. The summed E-state index contributed by atoms with van der Waals surface area (Å²) in [5, 5.41) is 43.9. The maximum atomic E-state index is 12.7. The van der Waals surface area contributed by atoms with Gasteiger partial charge in [-0.05, 0) is 293 Å². The third kappa shape index (κ3) is 42.1. The van der Waals surface area contributed by atoms with Gasteiger partial charge in [0, 0.05) is 167 Å². The fourth-order valence-corrected chi connectivity index (χ4v) is 20.6. The summed E-state index contributed by atoms with van der Waals surface area (Å²) in [4.78, 5) is 134. The largest absolute Gasteiger partial charge is 0.489 e. The first-order valence-corrected chi connectivity index (χ1v) is 54.3. The Kier molecular flexibility index (Phi) is 48.0. The number of allylic oxidation sites excluding steroid dienone is 2. The molecule has 13 rings (SSSR count). The van der Waals surface area contributed by atoms with Gasteiger partial charge in [-0.3, -0.25) is 24.0 Å². The number of nitrogens with one attached hydrogen (secondary N) is 1. The molecule has 0 unspecified atom stereocenters. The van der Waals surface area contributed by atoms with E-state index in [2.05, 4.69) is 135 Å². The highest BCUT2D eigenvalue weighted by atomic mass is 79.9. The Morgan fingerprint density at radius 3 is 1.08 bits per heavy atom. The lowest BCUT2D eigenvalue weighted by atomic mass is 9.81. The number of carboxylic acids is 1. The number of ether oxygens (including phenoxy) is 4. The van der Waals surface area contributed by atoms with Gasteiger partial charge in [0.05, 0.1) is 50.9 Å². The number of carbonyl (C=O) groups excluding carboxylic acids is 8. The number of piperazine rings is 5. The second-order valence-corrected chi connectivity index (χ2v) is 50.6. The Labute approximate surface area is 894 Å². The van der Waals surface area contributed by atoms with Crippen molar-refractivity contribution in [3.8, 4) is 12.1 Å². The molecule has 6 saturated heterocycles. The van der Waals surface area contributed by atoms with Gasteiger partial charge in [0.25, 0.3) is 0 Å². The topological polar surface area (TPSA) is 370 Å². The standard InChI is InChI=1S/C19H23N5OS.C19H30N2O3S.C19H28N2O3S.C16H23BrN2O3S.C10H20N2O2.C9H17BO2.C6H5BrO2S.C5H2ClN3/c1-13(2)17-6-5-16(26-17)10-19(25)23-8-9-24(14(3)12-23)18-7-4-15(11-20)21-22-18;2*1-13(2)16-8-7-15(25-16)11-17(22)20-9-10-21(14(3)12-20)18(23)24-19(4,5)6;1-11-10-18(14(20)9-12-5-6-13(17)23-12)7-8-19(11)15(21)22-16(2,3)4;1-8-7-11-5-6-12(8)9(13)14-10(2,3)4;1-7(2)10-11-8(3,4)9(5,6)12-10;7-5-2-1-4(10-5)3-6(8)9;6-5-2-1-4(3-7)8-9-5/h4-7,13-14H,8-10,12H2,1-3H3;7-8,13-14H,9-12H2,1-6H3;7-8,14H,1,9-12H2,2-6H3;5-6,11H,7-10H2,1-4H3;8,11H,5-7H2,1-4H3;1H2,2-6H3;1-2H,3H2,(H,8,9);1-2H/t3*14-;11-;8-;;;/m00000.../s1. The SMILES string of the molecule is C=C(C)B1OC(C)(C)C(C)(C)O1.C=C(C)c1ccc(CC(=O)N2CCN(C(=O)OC(C)(C)C)[C@@H](C)C2)s1.CC(C)c1ccc(CC(=O)N2CCN(C(=O)OC(C)(C)C)[C@@H](C)C2)s1.CC(C)c1ccc(CC(=O)N2CCN(c3ccc(C#N)nn3)[C@@H](C)C2)s1.C[C@H]1CN(C(=O)Cc2ccc(Br)s2)CCN1C(=O)OC(C)(C)C.C[C@H]1CNCCN1C(=O)OC(C)(C)C.N#Cc1ccc(Cl)nn1.O=C(O)Cc1ccc(Br)s1. The molecule has 8 amide bonds. The molecular formula is C103H148BBr2ClN16O16S5. The number of thiophene rings is 5. The van der Waals surface area contributed by atoms with Gasteiger partial charge in [0.1, 0.15) is 34.5 Å². The number of aliphatic carboxylic acids is 1. The third-order valence-corrected chi connectivity index (χ3v) is 30.3. The fourth-order valence-electron chi connectivity index (χ4n) is 14.6. The number of rotatable bonds is 15. The Morgan fingerprint density at radius 1 is 0.465 bits per heavy atom. The molecule has 7 aromatic rings. The van der Waals surface area contributed by atoms with Crippen molar-refractivity contribution in [1.29, 1.82) is 10.5 Å². The van der Waals surface area contributed by atoms with Crippen molar-refractivity contribution in [2.24, 2.45) is 0 Å². The van der Waals surface area contributed by atoms with Crippen molar-refractivity contribution >= 4 is 173 Å². The van der Waals surface area contributed by atoms with Crippen molar-refractivity contribution in [3.05, 3.63) is 167 Å². The molecule has 32 nitrogen and oxygen atoms in total. The predicted octanol–water partition coefficient (Wildman–Crippen LogP) is 20.6. The number of hydrogen-bond acceptors (Lipinski definition) is 28.